The summed E-state index contributed by atoms with van der Waals surface area (Å²) >= 11 is 0. The van der Waals surface area contributed by atoms with Crippen LogP contribution in [0.1, 0.15) is 16.7 Å². The van der Waals surface area contributed by atoms with Crippen LogP contribution in [-0.4, -0.2) is 31.8 Å². The largest absolute Gasteiger partial charge is 0.515 e. The molecule has 0 aromatic heterocycles. The van der Waals surface area contributed by atoms with E-state index in [1.54, 1.807) is 12.1 Å². The number of carbonyl (C=O) groups is 1. The van der Waals surface area contributed by atoms with Crippen molar-refractivity contribution < 1.29 is 32.5 Å². The monoisotopic (exact) mass is 395 g/mol. The molecule has 0 bridgehead atoms. The lowest BCUT2D eigenvalue weighted by atomic mass is 10.0. The molecule has 2 rings (SSSR count). The Bertz CT molecular complexity index is 846. The predicted octanol–water partition coefficient (Wildman–Crippen LogP) is 3.98. The van der Waals surface area contributed by atoms with Crippen LogP contribution in [0.4, 0.5) is 13.2 Å². The van der Waals surface area contributed by atoms with Gasteiger partial charge in [-0.05, 0) is 41.8 Å². The summed E-state index contributed by atoms with van der Waals surface area (Å²) < 4.78 is 48.3. The van der Waals surface area contributed by atoms with Gasteiger partial charge in [0, 0.05) is 6.54 Å². The predicted molar refractivity (Wildman–Crippen MR) is 98.3 cm³/mol. The molecule has 2 aromatic carbocycles. The Labute approximate surface area is 160 Å². The Kier molecular flexibility index (Phi) is 6.92. The van der Waals surface area contributed by atoms with Gasteiger partial charge in [-0.1, -0.05) is 18.2 Å². The second-order valence-electron chi connectivity index (χ2n) is 5.81. The molecule has 1 amide bonds. The van der Waals surface area contributed by atoms with E-state index >= 15 is 0 Å². The van der Waals surface area contributed by atoms with E-state index in [1.807, 2.05) is 6.07 Å². The minimum absolute atomic E-state index is 0.124. The van der Waals surface area contributed by atoms with E-state index in [2.05, 4.69) is 5.32 Å². The van der Waals surface area contributed by atoms with E-state index in [1.165, 1.54) is 14.2 Å². The van der Waals surface area contributed by atoms with Crippen molar-refractivity contribution in [1.29, 1.82) is 0 Å². The summed E-state index contributed by atoms with van der Waals surface area (Å²) in [5.74, 6) is 0.554. The lowest BCUT2D eigenvalue weighted by Gasteiger charge is -2.11. The fourth-order valence-electron chi connectivity index (χ4n) is 2.55. The van der Waals surface area contributed by atoms with Gasteiger partial charge in [0.05, 0.1) is 31.6 Å². The molecule has 0 saturated heterocycles. The third kappa shape index (κ3) is 5.18. The number of aliphatic hydroxyl groups excluding tert-OH is 1. The molecule has 0 aliphatic rings. The average Bonchev–Trinajstić information content (AvgIpc) is 2.68. The quantitative estimate of drug-likeness (QED) is 0.550. The SMILES string of the molecule is COc1ccc(CCNC(=O)/C(=C\O)c2ccc(C(F)(F)F)cc2)cc1OC. The van der Waals surface area contributed by atoms with Crippen LogP contribution in [-0.2, 0) is 17.4 Å². The molecule has 150 valence electrons. The van der Waals surface area contributed by atoms with Crippen molar-refractivity contribution in [2.24, 2.45) is 0 Å². The van der Waals surface area contributed by atoms with Crippen LogP contribution in [0.5, 0.6) is 11.5 Å². The van der Waals surface area contributed by atoms with Gasteiger partial charge in [0.1, 0.15) is 0 Å². The van der Waals surface area contributed by atoms with Gasteiger partial charge < -0.3 is 19.9 Å². The number of methoxy groups -OCH3 is 2. The highest BCUT2D eigenvalue weighted by atomic mass is 19.4. The van der Waals surface area contributed by atoms with Crippen LogP contribution in [0.2, 0.25) is 0 Å². The maximum atomic E-state index is 12.6. The third-order valence-corrected chi connectivity index (χ3v) is 4.04. The van der Waals surface area contributed by atoms with E-state index in [4.69, 9.17) is 9.47 Å². The van der Waals surface area contributed by atoms with Crippen molar-refractivity contribution in [2.45, 2.75) is 12.6 Å². The summed E-state index contributed by atoms with van der Waals surface area (Å²) in [5.41, 5.74) is 0.115. The Morgan fingerprint density at radius 2 is 1.71 bits per heavy atom. The molecule has 0 spiro atoms. The number of nitrogens with one attached hydrogen (secondary N) is 1. The van der Waals surface area contributed by atoms with Gasteiger partial charge in [-0.15, -0.1) is 0 Å². The summed E-state index contributed by atoms with van der Waals surface area (Å²) in [7, 11) is 3.05. The summed E-state index contributed by atoms with van der Waals surface area (Å²) in [4.78, 5) is 12.3. The van der Waals surface area contributed by atoms with Crippen molar-refractivity contribution in [3.8, 4) is 11.5 Å². The molecule has 0 unspecified atom stereocenters. The van der Waals surface area contributed by atoms with Crippen LogP contribution in [0.3, 0.4) is 0 Å². The summed E-state index contributed by atoms with van der Waals surface area (Å²) in [6, 6.07) is 9.34. The van der Waals surface area contributed by atoms with Crippen molar-refractivity contribution in [3.63, 3.8) is 0 Å². The highest BCUT2D eigenvalue weighted by Crippen LogP contribution is 2.30. The molecule has 0 saturated carbocycles. The maximum absolute atomic E-state index is 12.6. The first kappa shape index (κ1) is 21.1. The van der Waals surface area contributed by atoms with Gasteiger partial charge in [-0.2, -0.15) is 13.2 Å². The Balaban J connectivity index is 1.99. The number of amides is 1. The Morgan fingerprint density at radius 1 is 1.07 bits per heavy atom. The standard InChI is InChI=1S/C20H20F3NO4/c1-27-17-8-3-13(11-18(17)28-2)9-10-24-19(26)16(12-25)14-4-6-15(7-5-14)20(21,22)23/h3-8,11-12,25H,9-10H2,1-2H3,(H,24,26)/b16-12-. The summed E-state index contributed by atoms with van der Waals surface area (Å²) in [5, 5.41) is 12.0. The molecule has 28 heavy (non-hydrogen) atoms. The molecule has 0 fully saturated rings. The molecule has 0 aliphatic heterocycles. The number of halogens is 3. The minimum Gasteiger partial charge on any atom is -0.515 e. The van der Waals surface area contributed by atoms with Crippen molar-refractivity contribution in [1.82, 2.24) is 5.32 Å². The number of alkyl halides is 3. The molecular weight excluding hydrogens is 375 g/mol. The first-order chi connectivity index (χ1) is 13.3. The second kappa shape index (κ2) is 9.16. The van der Waals surface area contributed by atoms with Gasteiger partial charge in [-0.3, -0.25) is 4.79 Å². The zero-order chi connectivity index (χ0) is 20.7. The molecule has 5 nitrogen and oxygen atoms in total. The van der Waals surface area contributed by atoms with E-state index < -0.39 is 17.6 Å². The van der Waals surface area contributed by atoms with E-state index in [-0.39, 0.29) is 17.7 Å². The highest BCUT2D eigenvalue weighted by molar-refractivity contribution is 6.19. The van der Waals surface area contributed by atoms with Crippen LogP contribution in [0.15, 0.2) is 48.7 Å². The normalized spacial score (nSPS) is 11.8. The third-order valence-electron chi connectivity index (χ3n) is 4.04. The number of hydrogen-bond donors (Lipinski definition) is 2. The van der Waals surface area contributed by atoms with Crippen LogP contribution < -0.4 is 14.8 Å². The van der Waals surface area contributed by atoms with Crippen LogP contribution in [0.25, 0.3) is 5.57 Å². The molecule has 0 aliphatic carbocycles. The fraction of sp³-hybridized carbons (Fsp3) is 0.250. The Morgan fingerprint density at radius 3 is 2.25 bits per heavy atom. The summed E-state index contributed by atoms with van der Waals surface area (Å²) in [6.45, 7) is 0.256. The number of rotatable bonds is 7. The molecule has 0 heterocycles. The first-order valence-electron chi connectivity index (χ1n) is 8.31. The van der Waals surface area contributed by atoms with Gasteiger partial charge in [0.15, 0.2) is 11.5 Å². The molecule has 0 atom stereocenters. The number of hydrogen-bond acceptors (Lipinski definition) is 4. The first-order valence-corrected chi connectivity index (χ1v) is 8.31. The smallest absolute Gasteiger partial charge is 0.416 e. The topological polar surface area (TPSA) is 67.8 Å². The van der Waals surface area contributed by atoms with Crippen molar-refractivity contribution in [3.05, 3.63) is 65.4 Å². The lowest BCUT2D eigenvalue weighted by Crippen LogP contribution is -2.26. The summed E-state index contributed by atoms with van der Waals surface area (Å²) in [6.07, 6.45) is -3.41. The molecule has 2 aromatic rings. The molecule has 0 radical (unpaired) electrons. The van der Waals surface area contributed by atoms with E-state index in [9.17, 15) is 23.1 Å². The maximum Gasteiger partial charge on any atom is 0.416 e. The number of aliphatic hydroxyl groups is 1. The van der Waals surface area contributed by atoms with Crippen molar-refractivity contribution in [2.75, 3.05) is 20.8 Å². The van der Waals surface area contributed by atoms with Gasteiger partial charge >= 0.3 is 6.18 Å². The average molecular weight is 395 g/mol. The Hall–Kier alpha value is -3.16. The van der Waals surface area contributed by atoms with Gasteiger partial charge in [0.2, 0.25) is 0 Å². The zero-order valence-electron chi connectivity index (χ0n) is 15.3. The number of benzene rings is 2. The van der Waals surface area contributed by atoms with E-state index in [0.717, 1.165) is 29.8 Å². The van der Waals surface area contributed by atoms with E-state index in [0.29, 0.717) is 24.2 Å². The van der Waals surface area contributed by atoms with Crippen molar-refractivity contribution >= 4 is 11.5 Å². The lowest BCUT2D eigenvalue weighted by molar-refractivity contribution is -0.137. The number of ether oxygens (including phenoxy) is 2. The molecule has 2 N–H and O–H groups in total. The molecular formula is C20H20F3NO4. The second-order valence-corrected chi connectivity index (χ2v) is 5.81. The van der Waals surface area contributed by atoms with Gasteiger partial charge in [0.25, 0.3) is 5.91 Å². The highest BCUT2D eigenvalue weighted by Gasteiger charge is 2.30. The van der Waals surface area contributed by atoms with Crippen LogP contribution in [0, 0.1) is 0 Å². The zero-order valence-corrected chi connectivity index (χ0v) is 15.3. The minimum atomic E-state index is -4.47. The van der Waals surface area contributed by atoms with Gasteiger partial charge in [-0.25, -0.2) is 0 Å². The molecule has 8 heteroatoms. The number of carbonyl (C=O) groups excluding carboxylic acids is 1. The fourth-order valence-corrected chi connectivity index (χ4v) is 2.55. The van der Waals surface area contributed by atoms with Crippen LogP contribution >= 0.6 is 0 Å².